The van der Waals surface area contributed by atoms with Crippen molar-refractivity contribution in [1.29, 1.82) is 0 Å². The van der Waals surface area contributed by atoms with Gasteiger partial charge in [-0.05, 0) is 25.8 Å². The SMILES string of the molecule is CCCOc1nc(NCC)nc(-n2cc(C)cn2)n1. The maximum atomic E-state index is 5.47. The van der Waals surface area contributed by atoms with Gasteiger partial charge in [-0.15, -0.1) is 0 Å². The Kier molecular flexibility index (Phi) is 4.27. The second kappa shape index (κ2) is 6.12. The van der Waals surface area contributed by atoms with Crippen LogP contribution in [0.3, 0.4) is 0 Å². The second-order valence-electron chi connectivity index (χ2n) is 4.08. The van der Waals surface area contributed by atoms with Crippen LogP contribution in [0.25, 0.3) is 5.95 Å². The molecule has 0 saturated carbocycles. The van der Waals surface area contributed by atoms with Crippen LogP contribution in [0, 0.1) is 6.92 Å². The summed E-state index contributed by atoms with van der Waals surface area (Å²) in [5, 5.41) is 7.25. The molecule has 0 saturated heterocycles. The predicted molar refractivity (Wildman–Crippen MR) is 71.6 cm³/mol. The van der Waals surface area contributed by atoms with Gasteiger partial charge in [0.05, 0.1) is 12.8 Å². The van der Waals surface area contributed by atoms with Gasteiger partial charge in [0.15, 0.2) is 0 Å². The third kappa shape index (κ3) is 3.40. The number of aryl methyl sites for hydroxylation is 1. The Labute approximate surface area is 112 Å². The van der Waals surface area contributed by atoms with E-state index in [1.165, 1.54) is 0 Å². The van der Waals surface area contributed by atoms with Crippen LogP contribution in [0.5, 0.6) is 6.01 Å². The van der Waals surface area contributed by atoms with Crippen molar-refractivity contribution >= 4 is 5.95 Å². The number of hydrogen-bond donors (Lipinski definition) is 1. The van der Waals surface area contributed by atoms with Crippen LogP contribution in [0.15, 0.2) is 12.4 Å². The van der Waals surface area contributed by atoms with Crippen LogP contribution >= 0.6 is 0 Å². The summed E-state index contributed by atoms with van der Waals surface area (Å²) in [5.41, 5.74) is 1.04. The zero-order chi connectivity index (χ0) is 13.7. The van der Waals surface area contributed by atoms with Gasteiger partial charge in [0.1, 0.15) is 0 Å². The van der Waals surface area contributed by atoms with E-state index in [1.807, 2.05) is 27.0 Å². The molecule has 2 aromatic heterocycles. The Morgan fingerprint density at radius 3 is 2.74 bits per heavy atom. The summed E-state index contributed by atoms with van der Waals surface area (Å²) in [7, 11) is 0. The minimum Gasteiger partial charge on any atom is -0.463 e. The Morgan fingerprint density at radius 2 is 2.11 bits per heavy atom. The van der Waals surface area contributed by atoms with Crippen LogP contribution in [-0.4, -0.2) is 37.9 Å². The Bertz CT molecular complexity index is 539. The van der Waals surface area contributed by atoms with Crippen molar-refractivity contribution in [3.63, 3.8) is 0 Å². The molecule has 102 valence electrons. The van der Waals surface area contributed by atoms with Gasteiger partial charge >= 0.3 is 6.01 Å². The maximum absolute atomic E-state index is 5.47. The van der Waals surface area contributed by atoms with E-state index in [-0.39, 0.29) is 0 Å². The lowest BCUT2D eigenvalue weighted by atomic mass is 10.4. The van der Waals surface area contributed by atoms with Gasteiger partial charge in [-0.25, -0.2) is 4.68 Å². The van der Waals surface area contributed by atoms with Gasteiger partial charge in [-0.1, -0.05) is 6.92 Å². The smallest absolute Gasteiger partial charge is 0.323 e. The molecule has 0 unspecified atom stereocenters. The molecule has 2 heterocycles. The van der Waals surface area contributed by atoms with Gasteiger partial charge < -0.3 is 10.1 Å². The molecule has 2 aromatic rings. The van der Waals surface area contributed by atoms with Crippen LogP contribution in [-0.2, 0) is 0 Å². The summed E-state index contributed by atoms with van der Waals surface area (Å²) < 4.78 is 7.08. The van der Waals surface area contributed by atoms with Crippen molar-refractivity contribution < 1.29 is 4.74 Å². The highest BCUT2D eigenvalue weighted by molar-refractivity contribution is 5.30. The summed E-state index contributed by atoms with van der Waals surface area (Å²) in [5.74, 6) is 0.942. The van der Waals surface area contributed by atoms with Gasteiger partial charge in [0.2, 0.25) is 5.95 Å². The maximum Gasteiger partial charge on any atom is 0.323 e. The average molecular weight is 262 g/mol. The number of rotatable bonds is 6. The number of aromatic nitrogens is 5. The van der Waals surface area contributed by atoms with Gasteiger partial charge in [-0.3, -0.25) is 0 Å². The highest BCUT2D eigenvalue weighted by Gasteiger charge is 2.09. The van der Waals surface area contributed by atoms with E-state index in [0.717, 1.165) is 18.5 Å². The zero-order valence-corrected chi connectivity index (χ0v) is 11.4. The predicted octanol–water partition coefficient (Wildman–Crippen LogP) is 1.59. The van der Waals surface area contributed by atoms with Crippen molar-refractivity contribution in [2.24, 2.45) is 0 Å². The topological polar surface area (TPSA) is 77.8 Å². The third-order valence-electron chi connectivity index (χ3n) is 2.29. The molecular weight excluding hydrogens is 244 g/mol. The highest BCUT2D eigenvalue weighted by Crippen LogP contribution is 2.11. The summed E-state index contributed by atoms with van der Waals surface area (Å²) >= 11 is 0. The lowest BCUT2D eigenvalue weighted by molar-refractivity contribution is 0.291. The Morgan fingerprint density at radius 1 is 1.26 bits per heavy atom. The first kappa shape index (κ1) is 13.3. The minimum atomic E-state index is 0.316. The van der Waals surface area contributed by atoms with Crippen molar-refractivity contribution in [3.05, 3.63) is 18.0 Å². The number of nitrogens with one attached hydrogen (secondary N) is 1. The van der Waals surface area contributed by atoms with Crippen molar-refractivity contribution in [2.75, 3.05) is 18.5 Å². The van der Waals surface area contributed by atoms with Crippen LogP contribution in [0.1, 0.15) is 25.8 Å². The molecule has 2 rings (SSSR count). The van der Waals surface area contributed by atoms with E-state index in [9.17, 15) is 0 Å². The number of anilines is 1. The second-order valence-corrected chi connectivity index (χ2v) is 4.08. The standard InChI is InChI=1S/C12H18N6O/c1-4-6-19-12-16-10(13-5-2)15-11(17-12)18-8-9(3)7-14-18/h7-8H,4-6H2,1-3H3,(H,13,15,16,17). The molecular formula is C12H18N6O. The molecule has 0 aliphatic heterocycles. The molecule has 0 radical (unpaired) electrons. The largest absolute Gasteiger partial charge is 0.463 e. The van der Waals surface area contributed by atoms with E-state index < -0.39 is 0 Å². The lowest BCUT2D eigenvalue weighted by Gasteiger charge is -2.08. The summed E-state index contributed by atoms with van der Waals surface area (Å²) in [6.45, 7) is 7.28. The van der Waals surface area contributed by atoms with Crippen molar-refractivity contribution in [1.82, 2.24) is 24.7 Å². The normalized spacial score (nSPS) is 10.5. The molecule has 1 N–H and O–H groups in total. The fourth-order valence-electron chi connectivity index (χ4n) is 1.47. The third-order valence-corrected chi connectivity index (χ3v) is 2.29. The van der Waals surface area contributed by atoms with E-state index >= 15 is 0 Å². The van der Waals surface area contributed by atoms with E-state index in [4.69, 9.17) is 4.74 Å². The molecule has 0 aliphatic carbocycles. The lowest BCUT2D eigenvalue weighted by Crippen LogP contribution is -2.11. The van der Waals surface area contributed by atoms with E-state index in [1.54, 1.807) is 10.9 Å². The monoisotopic (exact) mass is 262 g/mol. The summed E-state index contributed by atoms with van der Waals surface area (Å²) in [6, 6.07) is 0.316. The van der Waals surface area contributed by atoms with Gasteiger partial charge in [0, 0.05) is 12.7 Å². The van der Waals surface area contributed by atoms with Crippen molar-refractivity contribution in [2.45, 2.75) is 27.2 Å². The fraction of sp³-hybridized carbons (Fsp3) is 0.500. The first-order chi connectivity index (χ1) is 9.22. The molecule has 19 heavy (non-hydrogen) atoms. The molecule has 7 heteroatoms. The molecule has 0 fully saturated rings. The van der Waals surface area contributed by atoms with Crippen LogP contribution in [0.4, 0.5) is 5.95 Å². The van der Waals surface area contributed by atoms with E-state index in [0.29, 0.717) is 24.5 Å². The Hall–Kier alpha value is -2.18. The highest BCUT2D eigenvalue weighted by atomic mass is 16.5. The minimum absolute atomic E-state index is 0.316. The molecule has 0 aromatic carbocycles. The Balaban J connectivity index is 2.33. The number of ether oxygens (including phenoxy) is 1. The van der Waals surface area contributed by atoms with Crippen molar-refractivity contribution in [3.8, 4) is 12.0 Å². The molecule has 0 spiro atoms. The number of nitrogens with zero attached hydrogens (tertiary/aromatic N) is 5. The van der Waals surface area contributed by atoms with Gasteiger partial charge in [0.25, 0.3) is 5.95 Å². The van der Waals surface area contributed by atoms with Crippen LogP contribution in [0.2, 0.25) is 0 Å². The van der Waals surface area contributed by atoms with Gasteiger partial charge in [-0.2, -0.15) is 20.1 Å². The summed E-state index contributed by atoms with van der Waals surface area (Å²) in [6.07, 6.45) is 4.51. The molecule has 0 bridgehead atoms. The quantitative estimate of drug-likeness (QED) is 0.851. The molecule has 0 atom stereocenters. The average Bonchev–Trinajstić information content (AvgIpc) is 2.83. The van der Waals surface area contributed by atoms with E-state index in [2.05, 4.69) is 25.4 Å². The molecule has 0 aliphatic rings. The first-order valence-electron chi connectivity index (χ1n) is 6.37. The molecule has 0 amide bonds. The summed E-state index contributed by atoms with van der Waals surface area (Å²) in [4.78, 5) is 12.8. The fourth-order valence-corrected chi connectivity index (χ4v) is 1.47. The van der Waals surface area contributed by atoms with Crippen LogP contribution < -0.4 is 10.1 Å². The zero-order valence-electron chi connectivity index (χ0n) is 11.4. The molecule has 7 nitrogen and oxygen atoms in total. The number of hydrogen-bond acceptors (Lipinski definition) is 6. The first-order valence-corrected chi connectivity index (χ1v) is 6.37.